The molecule has 0 aliphatic heterocycles. The zero-order chi connectivity index (χ0) is 28.5. The van der Waals surface area contributed by atoms with Gasteiger partial charge in [-0.25, -0.2) is 35.0 Å². The number of allylic oxidation sites excluding steroid dienone is 2. The Morgan fingerprint density at radius 1 is 1.29 bits per heavy atom. The van der Waals surface area contributed by atoms with E-state index in [9.17, 15) is 30.0 Å². The number of aliphatic imine (C=N–C) groups is 1. The van der Waals surface area contributed by atoms with Crippen LogP contribution in [0.5, 0.6) is 0 Å². The average Bonchev–Trinajstić information content (AvgIpc) is 3.57. The molecule has 1 aliphatic rings. The van der Waals surface area contributed by atoms with E-state index in [2.05, 4.69) is 26.7 Å². The molecule has 1 N–H and O–H groups in total. The minimum absolute atomic E-state index is 0.0131. The summed E-state index contributed by atoms with van der Waals surface area (Å²) in [5, 5.41) is 3.84. The first-order valence-corrected chi connectivity index (χ1v) is 15.4. The van der Waals surface area contributed by atoms with E-state index in [1.54, 1.807) is 12.1 Å². The highest BCUT2D eigenvalue weighted by Crippen LogP contribution is 2.36. The number of halogens is 4. The van der Waals surface area contributed by atoms with Crippen molar-refractivity contribution in [2.45, 2.75) is 69.3 Å². The maximum absolute atomic E-state index is 13.6. The van der Waals surface area contributed by atoms with Crippen molar-refractivity contribution in [3.63, 3.8) is 0 Å². The summed E-state index contributed by atoms with van der Waals surface area (Å²) in [6, 6.07) is 3.09. The predicted molar refractivity (Wildman–Crippen MR) is 144 cm³/mol. The van der Waals surface area contributed by atoms with Gasteiger partial charge in [-0.1, -0.05) is 29.7 Å². The van der Waals surface area contributed by atoms with E-state index in [-0.39, 0.29) is 33.9 Å². The number of nitrogens with one attached hydrogen (secondary N) is 1. The highest BCUT2D eigenvalue weighted by atomic mass is 35.5. The number of alkyl halides is 3. The molecule has 0 bridgehead atoms. The first kappa shape index (κ1) is 30.0. The van der Waals surface area contributed by atoms with Crippen molar-refractivity contribution in [3.8, 4) is 11.8 Å². The first-order chi connectivity index (χ1) is 17.5. The maximum atomic E-state index is 13.6. The van der Waals surface area contributed by atoms with Crippen LogP contribution >= 0.6 is 11.6 Å². The number of anilines is 1. The van der Waals surface area contributed by atoms with E-state index in [0.717, 1.165) is 10.9 Å². The van der Waals surface area contributed by atoms with Crippen LogP contribution in [-0.4, -0.2) is 61.3 Å². The fraction of sp³-hybridized carbons (Fsp3) is 0.500. The van der Waals surface area contributed by atoms with E-state index in [1.165, 1.54) is 32.9 Å². The third-order valence-corrected chi connectivity index (χ3v) is 9.89. The lowest BCUT2D eigenvalue weighted by Gasteiger charge is -2.14. The standard InChI is InChI=1S/C24H28ClF3N4O4S2/c1-15(26)29-17(12-13-24(2,3)37(4,33)34)7-5-6-16-8-11-19(25)21-22(16)32(14-20(27)28)30-23(21)31-38(35,36)18-9-10-18/h5,7-8,11,15,18,20H,6,9-10,14H2,1-4H3,(H,30,31)/b7-5-,29-17?. The van der Waals surface area contributed by atoms with Gasteiger partial charge in [-0.2, -0.15) is 5.10 Å². The molecule has 38 heavy (non-hydrogen) atoms. The minimum Gasteiger partial charge on any atom is -0.265 e. The predicted octanol–water partition coefficient (Wildman–Crippen LogP) is 4.54. The van der Waals surface area contributed by atoms with Crippen molar-refractivity contribution in [2.75, 3.05) is 11.0 Å². The zero-order valence-electron chi connectivity index (χ0n) is 21.2. The highest BCUT2D eigenvalue weighted by Gasteiger charge is 2.37. The molecule has 2 aromatic rings. The van der Waals surface area contributed by atoms with Gasteiger partial charge in [-0.15, -0.1) is 0 Å². The average molecular weight is 593 g/mol. The topological polar surface area (TPSA) is 110 Å². The fourth-order valence-electron chi connectivity index (χ4n) is 3.36. The van der Waals surface area contributed by atoms with Crippen LogP contribution in [0, 0.1) is 11.8 Å². The highest BCUT2D eigenvalue weighted by molar-refractivity contribution is 7.93. The summed E-state index contributed by atoms with van der Waals surface area (Å²) in [4.78, 5) is 3.77. The molecule has 1 atom stereocenters. The Balaban J connectivity index is 2.02. The summed E-state index contributed by atoms with van der Waals surface area (Å²) in [7, 11) is -7.26. The van der Waals surface area contributed by atoms with Crippen LogP contribution in [0.3, 0.4) is 0 Å². The fourth-order valence-corrected chi connectivity index (χ4v) is 5.17. The monoisotopic (exact) mass is 592 g/mol. The molecule has 3 rings (SSSR count). The SMILES string of the molecule is CC(F)N=C(C#CC(C)(C)S(C)(=O)=O)/C=C\Cc1ccc(Cl)c2c(NS(=O)(=O)C3CC3)nn(CC(F)F)c12. The molecule has 8 nitrogen and oxygen atoms in total. The van der Waals surface area contributed by atoms with Gasteiger partial charge in [0.15, 0.2) is 22.0 Å². The van der Waals surface area contributed by atoms with Gasteiger partial charge in [0.05, 0.1) is 21.2 Å². The molecule has 0 amide bonds. The number of fused-ring (bicyclic) bond motifs is 1. The number of sulfone groups is 1. The summed E-state index contributed by atoms with van der Waals surface area (Å²) in [5.41, 5.74) is 0.696. The molecule has 1 aromatic heterocycles. The molecule has 1 fully saturated rings. The third-order valence-electron chi connectivity index (χ3n) is 5.79. The molecule has 1 aromatic carbocycles. The first-order valence-electron chi connectivity index (χ1n) is 11.6. The van der Waals surface area contributed by atoms with Crippen LogP contribution < -0.4 is 4.72 Å². The van der Waals surface area contributed by atoms with Crippen LogP contribution in [0.1, 0.15) is 39.2 Å². The van der Waals surface area contributed by atoms with Gasteiger partial charge in [0.25, 0.3) is 6.43 Å². The Hall–Kier alpha value is -2.56. The van der Waals surface area contributed by atoms with Crippen LogP contribution in [0.25, 0.3) is 10.9 Å². The second-order valence-corrected chi connectivity index (χ2v) is 14.4. The van der Waals surface area contributed by atoms with Crippen LogP contribution in [0.4, 0.5) is 19.0 Å². The lowest BCUT2D eigenvalue weighted by molar-refractivity contribution is 0.123. The Kier molecular flexibility index (Phi) is 8.90. The summed E-state index contributed by atoms with van der Waals surface area (Å²) in [6.45, 7) is 3.22. The van der Waals surface area contributed by atoms with Crippen LogP contribution in [0.2, 0.25) is 5.02 Å². The molecule has 14 heteroatoms. The smallest absolute Gasteiger partial charge is 0.257 e. The van der Waals surface area contributed by atoms with Crippen molar-refractivity contribution in [3.05, 3.63) is 34.9 Å². The van der Waals surface area contributed by atoms with E-state index in [0.29, 0.717) is 18.4 Å². The van der Waals surface area contributed by atoms with E-state index >= 15 is 0 Å². The minimum atomic E-state index is -3.74. The molecular weight excluding hydrogens is 565 g/mol. The Bertz CT molecular complexity index is 1550. The summed E-state index contributed by atoms with van der Waals surface area (Å²) in [6.07, 6.45) is 0.731. The third kappa shape index (κ3) is 7.30. The lowest BCUT2D eigenvalue weighted by atomic mass is 10.1. The van der Waals surface area contributed by atoms with Gasteiger partial charge in [0.2, 0.25) is 10.0 Å². The number of hydrogen-bond acceptors (Lipinski definition) is 6. The van der Waals surface area contributed by atoms with Crippen molar-refractivity contribution in [1.29, 1.82) is 0 Å². The van der Waals surface area contributed by atoms with E-state index in [4.69, 9.17) is 11.6 Å². The summed E-state index contributed by atoms with van der Waals surface area (Å²) >= 11 is 6.35. The molecule has 208 valence electrons. The molecular formula is C24H28ClF3N4O4S2. The second-order valence-electron chi connectivity index (χ2n) is 9.43. The summed E-state index contributed by atoms with van der Waals surface area (Å²) in [5.74, 6) is 5.05. The Labute approximate surface area is 225 Å². The summed E-state index contributed by atoms with van der Waals surface area (Å²) < 4.78 is 91.2. The van der Waals surface area contributed by atoms with Gasteiger partial charge in [0.1, 0.15) is 17.0 Å². The number of hydrogen-bond donors (Lipinski definition) is 1. The molecule has 1 unspecified atom stereocenters. The van der Waals surface area contributed by atoms with Crippen molar-refractivity contribution in [1.82, 2.24) is 9.78 Å². The quantitative estimate of drug-likeness (QED) is 0.247. The Morgan fingerprint density at radius 2 is 1.95 bits per heavy atom. The molecule has 1 saturated carbocycles. The number of benzene rings is 1. The van der Waals surface area contributed by atoms with Gasteiger partial charge >= 0.3 is 0 Å². The molecule has 0 spiro atoms. The molecule has 1 aliphatic carbocycles. The molecule has 0 radical (unpaired) electrons. The number of nitrogens with zero attached hydrogens (tertiary/aromatic N) is 3. The normalized spacial score (nSPS) is 16.2. The van der Waals surface area contributed by atoms with E-state index in [1.807, 2.05) is 0 Å². The molecule has 0 saturated heterocycles. The maximum Gasteiger partial charge on any atom is 0.257 e. The Morgan fingerprint density at radius 3 is 2.50 bits per heavy atom. The largest absolute Gasteiger partial charge is 0.265 e. The van der Waals surface area contributed by atoms with Gasteiger partial charge in [-0.3, -0.25) is 9.40 Å². The number of sulfonamides is 1. The van der Waals surface area contributed by atoms with Crippen molar-refractivity contribution in [2.24, 2.45) is 4.99 Å². The van der Waals surface area contributed by atoms with Gasteiger partial charge < -0.3 is 0 Å². The van der Waals surface area contributed by atoms with Crippen LogP contribution in [-0.2, 0) is 32.8 Å². The second kappa shape index (κ2) is 11.3. The van der Waals surface area contributed by atoms with Gasteiger partial charge in [0, 0.05) is 6.26 Å². The lowest BCUT2D eigenvalue weighted by Crippen LogP contribution is -2.29. The van der Waals surface area contributed by atoms with E-state index < -0.39 is 49.1 Å². The van der Waals surface area contributed by atoms with Crippen molar-refractivity contribution >= 4 is 53.9 Å². The molecule has 1 heterocycles. The van der Waals surface area contributed by atoms with Crippen molar-refractivity contribution < 1.29 is 30.0 Å². The number of rotatable bonds is 10. The zero-order valence-corrected chi connectivity index (χ0v) is 23.6. The van der Waals surface area contributed by atoms with Crippen LogP contribution in [0.15, 0.2) is 29.3 Å². The van der Waals surface area contributed by atoms with Gasteiger partial charge in [-0.05, 0) is 63.7 Å². The number of aromatic nitrogens is 2.